The highest BCUT2D eigenvalue weighted by Crippen LogP contribution is 2.45. The van der Waals surface area contributed by atoms with Crippen molar-refractivity contribution in [3.63, 3.8) is 0 Å². The van der Waals surface area contributed by atoms with Crippen LogP contribution in [0.15, 0.2) is 0 Å². The summed E-state index contributed by atoms with van der Waals surface area (Å²) in [4.78, 5) is 73.4. The molecule has 0 amide bonds. The molecular formula is C89H174O17P2. The zero-order valence-electron chi connectivity index (χ0n) is 71.3. The van der Waals surface area contributed by atoms with Crippen LogP contribution in [-0.2, 0) is 65.4 Å². The van der Waals surface area contributed by atoms with Gasteiger partial charge in [0.15, 0.2) is 12.2 Å². The second-order valence-electron chi connectivity index (χ2n) is 33.2. The van der Waals surface area contributed by atoms with Gasteiger partial charge in [0, 0.05) is 25.7 Å². The van der Waals surface area contributed by atoms with Crippen LogP contribution in [0.1, 0.15) is 472 Å². The lowest BCUT2D eigenvalue weighted by Crippen LogP contribution is -2.30. The van der Waals surface area contributed by atoms with E-state index >= 15 is 0 Å². The third-order valence-electron chi connectivity index (χ3n) is 21.2. The predicted molar refractivity (Wildman–Crippen MR) is 446 cm³/mol. The third-order valence-corrected chi connectivity index (χ3v) is 23.1. The van der Waals surface area contributed by atoms with Crippen LogP contribution in [0.25, 0.3) is 0 Å². The number of rotatable bonds is 87. The predicted octanol–water partition coefficient (Wildman–Crippen LogP) is 27.3. The molecular weight excluding hydrogens is 1400 g/mol. The molecule has 642 valence electrons. The van der Waals surface area contributed by atoms with E-state index < -0.39 is 97.5 Å². The molecule has 108 heavy (non-hydrogen) atoms. The highest BCUT2D eigenvalue weighted by Gasteiger charge is 2.31. The van der Waals surface area contributed by atoms with Gasteiger partial charge in [0.25, 0.3) is 0 Å². The maximum Gasteiger partial charge on any atom is 0.472 e. The minimum absolute atomic E-state index is 0.107. The monoisotopic (exact) mass is 1580 g/mol. The second-order valence-corrected chi connectivity index (χ2v) is 36.1. The van der Waals surface area contributed by atoms with Gasteiger partial charge < -0.3 is 33.8 Å². The molecule has 0 aromatic carbocycles. The van der Waals surface area contributed by atoms with Gasteiger partial charge in [0.05, 0.1) is 26.4 Å². The van der Waals surface area contributed by atoms with Gasteiger partial charge in [-0.15, -0.1) is 0 Å². The number of esters is 4. The average Bonchev–Trinajstić information content (AvgIpc) is 0.912. The van der Waals surface area contributed by atoms with E-state index in [4.69, 9.17) is 37.0 Å². The van der Waals surface area contributed by atoms with Gasteiger partial charge in [-0.25, -0.2) is 9.13 Å². The molecule has 19 heteroatoms. The van der Waals surface area contributed by atoms with E-state index in [0.29, 0.717) is 25.7 Å². The first-order chi connectivity index (χ1) is 52.3. The lowest BCUT2D eigenvalue weighted by Gasteiger charge is -2.21. The topological polar surface area (TPSA) is 237 Å². The Morgan fingerprint density at radius 1 is 0.269 bits per heavy atom. The summed E-state index contributed by atoms with van der Waals surface area (Å²) >= 11 is 0. The summed E-state index contributed by atoms with van der Waals surface area (Å²) in [5.74, 6) is 0.289. The molecule has 0 aliphatic heterocycles. The summed E-state index contributed by atoms with van der Waals surface area (Å²) in [5, 5.41) is 10.7. The number of hydrogen-bond acceptors (Lipinski definition) is 15. The Morgan fingerprint density at radius 3 is 0.704 bits per heavy atom. The van der Waals surface area contributed by atoms with Gasteiger partial charge in [-0.1, -0.05) is 421 Å². The van der Waals surface area contributed by atoms with Crippen molar-refractivity contribution in [2.75, 3.05) is 39.6 Å². The van der Waals surface area contributed by atoms with Crippen molar-refractivity contribution in [3.8, 4) is 0 Å². The van der Waals surface area contributed by atoms with Crippen LogP contribution in [0.5, 0.6) is 0 Å². The molecule has 3 unspecified atom stereocenters. The molecule has 0 aromatic rings. The molecule has 6 atom stereocenters. The van der Waals surface area contributed by atoms with Crippen molar-refractivity contribution in [2.45, 2.75) is 491 Å². The Hall–Kier alpha value is -1.94. The van der Waals surface area contributed by atoms with Crippen molar-refractivity contribution >= 4 is 39.5 Å². The lowest BCUT2D eigenvalue weighted by molar-refractivity contribution is -0.161. The van der Waals surface area contributed by atoms with E-state index in [-0.39, 0.29) is 25.7 Å². The number of ether oxygens (including phenoxy) is 4. The summed E-state index contributed by atoms with van der Waals surface area (Å²) in [6.07, 6.45) is 70.8. The quantitative estimate of drug-likeness (QED) is 0.0222. The molecule has 0 aromatic heterocycles. The maximum absolute atomic E-state index is 13.2. The number of carbonyl (C=O) groups is 4. The van der Waals surface area contributed by atoms with E-state index in [9.17, 15) is 43.2 Å². The first-order valence-electron chi connectivity index (χ1n) is 45.9. The van der Waals surface area contributed by atoms with Crippen LogP contribution in [0.3, 0.4) is 0 Å². The Kier molecular flexibility index (Phi) is 77.5. The molecule has 0 bridgehead atoms. The zero-order chi connectivity index (χ0) is 79.3. The molecule has 0 saturated carbocycles. The molecule has 0 spiro atoms. The van der Waals surface area contributed by atoms with Crippen molar-refractivity contribution in [1.29, 1.82) is 0 Å². The number of phosphoric ester groups is 2. The van der Waals surface area contributed by atoms with E-state index in [2.05, 4.69) is 48.5 Å². The molecule has 0 heterocycles. The van der Waals surface area contributed by atoms with Crippen molar-refractivity contribution in [3.05, 3.63) is 0 Å². The van der Waals surface area contributed by atoms with Gasteiger partial charge in [-0.05, 0) is 43.4 Å². The fraction of sp³-hybridized carbons (Fsp3) is 0.955. The fourth-order valence-electron chi connectivity index (χ4n) is 13.9. The normalized spacial score (nSPS) is 14.1. The Morgan fingerprint density at radius 2 is 0.472 bits per heavy atom. The number of aliphatic hydroxyl groups excluding tert-OH is 1. The smallest absolute Gasteiger partial charge is 0.462 e. The Bertz CT molecular complexity index is 2080. The van der Waals surface area contributed by atoms with Crippen LogP contribution < -0.4 is 0 Å². The molecule has 0 aliphatic carbocycles. The van der Waals surface area contributed by atoms with Crippen LogP contribution in [0.4, 0.5) is 0 Å². The SMILES string of the molecule is CCCCCCCCCCCCCCCCCCCCCC(=O)OC[C@H](COP(=O)(O)OC[C@@H](O)COP(=O)(O)OC[C@@H](COC(=O)CCCCCCCCCCC(C)CC)OC(=O)CCCCCCCCCCCCCCCCCC(C)C)OC(=O)CCCCCCCCCCCCCCCCCCC(C)C. The summed E-state index contributed by atoms with van der Waals surface area (Å²) in [5.41, 5.74) is 0. The minimum Gasteiger partial charge on any atom is -0.462 e. The van der Waals surface area contributed by atoms with Gasteiger partial charge in [-0.3, -0.25) is 37.3 Å². The minimum atomic E-state index is -4.97. The van der Waals surface area contributed by atoms with Crippen LogP contribution in [0, 0.1) is 17.8 Å². The largest absolute Gasteiger partial charge is 0.472 e. The molecule has 0 aliphatic rings. The molecule has 0 saturated heterocycles. The summed E-state index contributed by atoms with van der Waals surface area (Å²) in [6.45, 7) is 12.1. The van der Waals surface area contributed by atoms with Crippen molar-refractivity contribution < 1.29 is 80.2 Å². The maximum atomic E-state index is 13.2. The summed E-state index contributed by atoms with van der Waals surface area (Å²) < 4.78 is 69.0. The van der Waals surface area contributed by atoms with E-state index in [1.165, 1.54) is 283 Å². The number of carbonyl (C=O) groups excluding carboxylic acids is 4. The molecule has 0 rings (SSSR count). The van der Waals surface area contributed by atoms with Gasteiger partial charge >= 0.3 is 39.5 Å². The van der Waals surface area contributed by atoms with E-state index in [1.54, 1.807) is 0 Å². The van der Waals surface area contributed by atoms with Crippen LogP contribution in [0.2, 0.25) is 0 Å². The van der Waals surface area contributed by atoms with Crippen LogP contribution in [-0.4, -0.2) is 96.7 Å². The highest BCUT2D eigenvalue weighted by atomic mass is 31.2. The van der Waals surface area contributed by atoms with Gasteiger partial charge in [0.2, 0.25) is 0 Å². The second kappa shape index (κ2) is 78.9. The highest BCUT2D eigenvalue weighted by molar-refractivity contribution is 7.47. The Balaban J connectivity index is 5.26. The number of aliphatic hydroxyl groups is 1. The molecule has 0 fully saturated rings. The lowest BCUT2D eigenvalue weighted by atomic mass is 9.99. The zero-order valence-corrected chi connectivity index (χ0v) is 73.1. The Labute approximate surface area is 664 Å². The molecule has 0 radical (unpaired) electrons. The van der Waals surface area contributed by atoms with Crippen molar-refractivity contribution in [2.24, 2.45) is 17.8 Å². The first-order valence-corrected chi connectivity index (χ1v) is 48.9. The summed E-state index contributed by atoms with van der Waals surface area (Å²) in [7, 11) is -9.94. The molecule has 3 N–H and O–H groups in total. The van der Waals surface area contributed by atoms with Crippen molar-refractivity contribution in [1.82, 2.24) is 0 Å². The standard InChI is InChI=1S/C89H174O17P2/c1-8-10-11-12-13-14-15-16-17-18-19-20-26-31-36-41-49-56-63-70-86(91)99-76-84(105-88(93)72-65-58-51-42-37-32-27-22-21-24-29-34-39-46-53-60-67-80(3)4)78-103-107(95,96)101-74-83(90)75-102-108(97,98)104-79-85(77-100-87(92)71-64-57-50-45-44-48-55-62-69-82(7)9-2)106-89(94)73-66-59-52-43-38-33-28-23-25-30-35-40-47-54-61-68-81(5)6/h80-85,90H,8-79H2,1-7H3,(H,95,96)(H,97,98)/t82?,83-,84-,85-/m1/s1. The van der Waals surface area contributed by atoms with E-state index in [1.807, 2.05) is 0 Å². The average molecular weight is 1580 g/mol. The number of phosphoric acid groups is 2. The molecule has 17 nitrogen and oxygen atoms in total. The van der Waals surface area contributed by atoms with Crippen LogP contribution >= 0.6 is 15.6 Å². The third kappa shape index (κ3) is 80.7. The number of hydrogen-bond donors (Lipinski definition) is 3. The fourth-order valence-corrected chi connectivity index (χ4v) is 15.4. The first kappa shape index (κ1) is 106. The summed E-state index contributed by atoms with van der Waals surface area (Å²) in [6, 6.07) is 0. The van der Waals surface area contributed by atoms with E-state index in [0.717, 1.165) is 108 Å². The van der Waals surface area contributed by atoms with Gasteiger partial charge in [-0.2, -0.15) is 0 Å². The van der Waals surface area contributed by atoms with Gasteiger partial charge in [0.1, 0.15) is 19.3 Å². The number of unbranched alkanes of at least 4 members (excludes halogenated alkanes) is 54.